The molecule has 0 amide bonds. The van der Waals surface area contributed by atoms with Crippen LogP contribution in [-0.4, -0.2) is 28.2 Å². The fourth-order valence-corrected chi connectivity index (χ4v) is 3.21. The van der Waals surface area contributed by atoms with Gasteiger partial charge in [-0.05, 0) is 61.4 Å². The van der Waals surface area contributed by atoms with E-state index in [1.807, 2.05) is 6.92 Å². The van der Waals surface area contributed by atoms with Crippen LogP contribution < -0.4 is 0 Å². The number of carbonyl (C=O) groups excluding carboxylic acids is 2. The van der Waals surface area contributed by atoms with Crippen LogP contribution in [0, 0.1) is 6.92 Å². The second kappa shape index (κ2) is 7.84. The van der Waals surface area contributed by atoms with Gasteiger partial charge in [-0.25, -0.2) is 0 Å². The van der Waals surface area contributed by atoms with Crippen molar-refractivity contribution in [2.45, 2.75) is 26.7 Å². The summed E-state index contributed by atoms with van der Waals surface area (Å²) in [4.78, 5) is 25.2. The predicted molar refractivity (Wildman–Crippen MR) is 104 cm³/mol. The van der Waals surface area contributed by atoms with Gasteiger partial charge in [0.05, 0.1) is 18.5 Å². The smallest absolute Gasteiger partial charge is 0.310 e. The second-order valence-corrected chi connectivity index (χ2v) is 6.75. The Morgan fingerprint density at radius 1 is 1.15 bits per heavy atom. The van der Waals surface area contributed by atoms with Crippen molar-refractivity contribution in [3.63, 3.8) is 0 Å². The standard InChI is InChI=1S/C21H20ClNO4/c1-3-10-27-20(25)12-17-13(2)23(19-9-8-16(24)11-18(17)19)21(26)14-4-6-15(22)7-5-14/h4-9,11,24H,3,10,12H2,1-2H3. The Bertz CT molecular complexity index is 1010. The molecule has 27 heavy (non-hydrogen) atoms. The van der Waals surface area contributed by atoms with E-state index in [-0.39, 0.29) is 24.0 Å². The number of nitrogens with zero attached hydrogens (tertiary/aromatic N) is 1. The van der Waals surface area contributed by atoms with E-state index in [1.54, 1.807) is 47.9 Å². The van der Waals surface area contributed by atoms with Crippen LogP contribution in [0.25, 0.3) is 10.9 Å². The summed E-state index contributed by atoms with van der Waals surface area (Å²) >= 11 is 5.91. The van der Waals surface area contributed by atoms with Gasteiger partial charge in [0.2, 0.25) is 0 Å². The third-order valence-corrected chi connectivity index (χ3v) is 4.65. The molecular weight excluding hydrogens is 366 g/mol. The summed E-state index contributed by atoms with van der Waals surface area (Å²) < 4.78 is 6.74. The van der Waals surface area contributed by atoms with Gasteiger partial charge in [0.25, 0.3) is 5.91 Å². The fourth-order valence-electron chi connectivity index (χ4n) is 3.09. The van der Waals surface area contributed by atoms with E-state index < -0.39 is 0 Å². The first-order chi connectivity index (χ1) is 12.9. The van der Waals surface area contributed by atoms with Crippen LogP contribution in [0.2, 0.25) is 5.02 Å². The predicted octanol–water partition coefficient (Wildman–Crippen LogP) is 4.49. The van der Waals surface area contributed by atoms with Gasteiger partial charge >= 0.3 is 5.97 Å². The minimum Gasteiger partial charge on any atom is -0.508 e. The Hall–Kier alpha value is -2.79. The topological polar surface area (TPSA) is 68.5 Å². The molecule has 0 radical (unpaired) electrons. The number of phenols is 1. The zero-order valence-electron chi connectivity index (χ0n) is 15.2. The molecule has 0 saturated heterocycles. The Morgan fingerprint density at radius 3 is 2.52 bits per heavy atom. The minimum atomic E-state index is -0.360. The normalized spacial score (nSPS) is 10.9. The number of aromatic nitrogens is 1. The van der Waals surface area contributed by atoms with Crippen molar-refractivity contribution in [1.29, 1.82) is 0 Å². The summed E-state index contributed by atoms with van der Waals surface area (Å²) in [6, 6.07) is 11.4. The summed E-state index contributed by atoms with van der Waals surface area (Å²) in [5.41, 5.74) is 2.42. The maximum Gasteiger partial charge on any atom is 0.310 e. The molecule has 0 aliphatic heterocycles. The minimum absolute atomic E-state index is 0.0344. The largest absolute Gasteiger partial charge is 0.508 e. The zero-order valence-corrected chi connectivity index (χ0v) is 15.9. The van der Waals surface area contributed by atoms with Gasteiger partial charge in [-0.1, -0.05) is 18.5 Å². The average molecular weight is 386 g/mol. The van der Waals surface area contributed by atoms with Gasteiger partial charge in [-0.3, -0.25) is 14.2 Å². The highest BCUT2D eigenvalue weighted by Gasteiger charge is 2.22. The number of ether oxygens (including phenoxy) is 1. The van der Waals surface area contributed by atoms with Gasteiger partial charge in [-0.15, -0.1) is 0 Å². The van der Waals surface area contributed by atoms with Crippen LogP contribution in [0.1, 0.15) is 35.0 Å². The van der Waals surface area contributed by atoms with E-state index in [2.05, 4.69) is 0 Å². The quantitative estimate of drug-likeness (QED) is 0.657. The number of aromatic hydroxyl groups is 1. The molecule has 0 saturated carbocycles. The molecule has 0 spiro atoms. The third kappa shape index (κ3) is 3.83. The van der Waals surface area contributed by atoms with E-state index >= 15 is 0 Å². The number of halogens is 1. The Kier molecular flexibility index (Phi) is 5.51. The molecule has 3 rings (SSSR count). The number of hydrogen-bond donors (Lipinski definition) is 1. The highest BCUT2D eigenvalue weighted by molar-refractivity contribution is 6.30. The fraction of sp³-hybridized carbons (Fsp3) is 0.238. The lowest BCUT2D eigenvalue weighted by atomic mass is 10.1. The van der Waals surface area contributed by atoms with Gasteiger partial charge in [0.1, 0.15) is 5.75 Å². The van der Waals surface area contributed by atoms with E-state index in [0.717, 1.165) is 6.42 Å². The molecule has 0 aliphatic rings. The lowest BCUT2D eigenvalue weighted by molar-refractivity contribution is -0.142. The molecule has 1 N–H and O–H groups in total. The van der Waals surface area contributed by atoms with E-state index in [0.29, 0.717) is 39.4 Å². The van der Waals surface area contributed by atoms with Crippen molar-refractivity contribution < 1.29 is 19.4 Å². The Balaban J connectivity index is 2.10. The summed E-state index contributed by atoms with van der Waals surface area (Å²) in [6.45, 7) is 4.06. The van der Waals surface area contributed by atoms with Crippen LogP contribution in [0.4, 0.5) is 0 Å². The summed E-state index contributed by atoms with van der Waals surface area (Å²) in [7, 11) is 0. The number of benzene rings is 2. The summed E-state index contributed by atoms with van der Waals surface area (Å²) in [6.07, 6.45) is 0.773. The molecule has 0 fully saturated rings. The van der Waals surface area contributed by atoms with Crippen LogP contribution in [0.5, 0.6) is 5.75 Å². The summed E-state index contributed by atoms with van der Waals surface area (Å²) in [5, 5.41) is 11.1. The molecule has 1 heterocycles. The Morgan fingerprint density at radius 2 is 1.85 bits per heavy atom. The van der Waals surface area contributed by atoms with Crippen molar-refractivity contribution in [2.75, 3.05) is 6.61 Å². The lowest BCUT2D eigenvalue weighted by Gasteiger charge is -2.08. The van der Waals surface area contributed by atoms with E-state index in [9.17, 15) is 14.7 Å². The van der Waals surface area contributed by atoms with Crippen molar-refractivity contribution in [2.24, 2.45) is 0 Å². The molecule has 1 aromatic heterocycles. The zero-order chi connectivity index (χ0) is 19.6. The summed E-state index contributed by atoms with van der Waals surface area (Å²) in [5.74, 6) is -0.518. The molecule has 0 bridgehead atoms. The maximum atomic E-state index is 13.1. The molecule has 0 aliphatic carbocycles. The first kappa shape index (κ1) is 19.0. The van der Waals surface area contributed by atoms with Gasteiger partial charge in [-0.2, -0.15) is 0 Å². The molecule has 6 heteroatoms. The van der Waals surface area contributed by atoms with Crippen LogP contribution >= 0.6 is 11.6 Å². The molecule has 2 aromatic carbocycles. The number of carbonyl (C=O) groups is 2. The highest BCUT2D eigenvalue weighted by atomic mass is 35.5. The molecule has 3 aromatic rings. The van der Waals surface area contributed by atoms with E-state index in [1.165, 1.54) is 6.07 Å². The second-order valence-electron chi connectivity index (χ2n) is 6.31. The SMILES string of the molecule is CCCOC(=O)Cc1c(C)n(C(=O)c2ccc(Cl)cc2)c2ccc(O)cc12. The first-order valence-corrected chi connectivity index (χ1v) is 9.09. The molecule has 5 nitrogen and oxygen atoms in total. The van der Waals surface area contributed by atoms with Crippen molar-refractivity contribution in [3.05, 3.63) is 64.3 Å². The van der Waals surface area contributed by atoms with Gasteiger partial charge in [0.15, 0.2) is 0 Å². The molecule has 0 atom stereocenters. The maximum absolute atomic E-state index is 13.1. The third-order valence-electron chi connectivity index (χ3n) is 4.40. The number of phenolic OH excluding ortho intramolecular Hbond substituents is 1. The number of esters is 1. The number of hydrogen-bond acceptors (Lipinski definition) is 4. The molecule has 140 valence electrons. The number of rotatable bonds is 5. The van der Waals surface area contributed by atoms with Crippen molar-refractivity contribution >= 4 is 34.4 Å². The average Bonchev–Trinajstić information content (AvgIpc) is 2.91. The number of fused-ring (bicyclic) bond motifs is 1. The van der Waals surface area contributed by atoms with Crippen LogP contribution in [-0.2, 0) is 16.0 Å². The van der Waals surface area contributed by atoms with Gasteiger partial charge in [0, 0.05) is 21.7 Å². The van der Waals surface area contributed by atoms with Crippen molar-refractivity contribution in [1.82, 2.24) is 4.57 Å². The van der Waals surface area contributed by atoms with Crippen LogP contribution in [0.3, 0.4) is 0 Å². The van der Waals surface area contributed by atoms with E-state index in [4.69, 9.17) is 16.3 Å². The highest BCUT2D eigenvalue weighted by Crippen LogP contribution is 2.30. The van der Waals surface area contributed by atoms with Gasteiger partial charge < -0.3 is 9.84 Å². The van der Waals surface area contributed by atoms with Crippen LogP contribution in [0.15, 0.2) is 42.5 Å². The lowest BCUT2D eigenvalue weighted by Crippen LogP contribution is -2.14. The Labute approximate surface area is 162 Å². The first-order valence-electron chi connectivity index (χ1n) is 8.71. The monoisotopic (exact) mass is 385 g/mol. The molecular formula is C21H20ClNO4. The van der Waals surface area contributed by atoms with Crippen molar-refractivity contribution in [3.8, 4) is 5.75 Å². The molecule has 0 unspecified atom stereocenters.